The Labute approximate surface area is 151 Å². The second-order valence-electron chi connectivity index (χ2n) is 8.40. The van der Waals surface area contributed by atoms with Gasteiger partial charge in [-0.25, -0.2) is 5.26 Å². The number of ether oxygens (including phenoxy) is 1. The van der Waals surface area contributed by atoms with Crippen LogP contribution in [0, 0.1) is 29.1 Å². The molecule has 0 amide bonds. The number of rotatable bonds is 9. The molecule has 146 valence electrons. The number of hydrogen-bond acceptors (Lipinski definition) is 6. The Hall–Kier alpha value is 0.01000. The fourth-order valence-corrected chi connectivity index (χ4v) is 6.23. The summed E-state index contributed by atoms with van der Waals surface area (Å²) in [6.07, 6.45) is 5.77. The van der Waals surface area contributed by atoms with Gasteiger partial charge in [-0.3, -0.25) is 0 Å². The maximum absolute atomic E-state index is 13.5. The highest BCUT2D eigenvalue weighted by Crippen LogP contribution is 2.65. The second-order valence-corrected chi connectivity index (χ2v) is 9.30. The third kappa shape index (κ3) is 3.71. The molecule has 0 aliphatic heterocycles. The van der Waals surface area contributed by atoms with E-state index in [2.05, 4.69) is 23.2 Å². The predicted octanol–water partition coefficient (Wildman–Crippen LogP) is 4.27. The van der Waals surface area contributed by atoms with E-state index < -0.39 is 17.5 Å². The van der Waals surface area contributed by atoms with Crippen LogP contribution >= 0.6 is 12.0 Å². The molecule has 0 heterocycles. The van der Waals surface area contributed by atoms with Crippen molar-refractivity contribution in [3.05, 3.63) is 0 Å². The predicted molar refractivity (Wildman–Crippen MR) is 88.5 cm³/mol. The number of aliphatic hydroxyl groups is 1. The molecule has 0 aromatic carbocycles. The lowest BCUT2D eigenvalue weighted by Gasteiger charge is -2.65. The van der Waals surface area contributed by atoms with Crippen LogP contribution in [0.15, 0.2) is 0 Å². The van der Waals surface area contributed by atoms with Crippen molar-refractivity contribution in [2.75, 3.05) is 13.2 Å². The van der Waals surface area contributed by atoms with E-state index in [1.54, 1.807) is 0 Å². The van der Waals surface area contributed by atoms with Crippen molar-refractivity contribution >= 4 is 12.0 Å². The molecule has 0 aromatic rings. The highest BCUT2D eigenvalue weighted by Gasteiger charge is 2.62. The molecule has 0 radical (unpaired) electrons. The topological polar surface area (TPSA) is 68.2 Å². The van der Waals surface area contributed by atoms with E-state index in [1.165, 1.54) is 0 Å². The minimum Gasteiger partial charge on any atom is -0.389 e. The molecule has 4 rings (SSSR count). The van der Waals surface area contributed by atoms with Crippen molar-refractivity contribution in [2.24, 2.45) is 29.1 Å². The molecule has 5 nitrogen and oxygen atoms in total. The Kier molecular flexibility index (Phi) is 5.69. The van der Waals surface area contributed by atoms with Crippen LogP contribution in [-0.2, 0) is 14.1 Å². The van der Waals surface area contributed by atoms with Crippen LogP contribution in [0.1, 0.15) is 52.4 Å². The van der Waals surface area contributed by atoms with Gasteiger partial charge in [-0.2, -0.15) is 8.78 Å². The third-order valence-electron chi connectivity index (χ3n) is 6.89. The highest BCUT2D eigenvalue weighted by molar-refractivity contribution is 7.95. The minimum atomic E-state index is -3.29. The van der Waals surface area contributed by atoms with Gasteiger partial charge in [0.1, 0.15) is 18.6 Å². The second kappa shape index (κ2) is 7.20. The van der Waals surface area contributed by atoms with Gasteiger partial charge in [0.25, 0.3) is 0 Å². The largest absolute Gasteiger partial charge is 0.389 e. The summed E-state index contributed by atoms with van der Waals surface area (Å²) >= 11 is -0.268. The van der Waals surface area contributed by atoms with Gasteiger partial charge in [0.05, 0.1) is 12.2 Å². The van der Waals surface area contributed by atoms with Gasteiger partial charge in [0, 0.05) is 0 Å². The zero-order valence-corrected chi connectivity index (χ0v) is 15.6. The molecule has 4 aliphatic carbocycles. The Morgan fingerprint density at radius 1 is 1.24 bits per heavy atom. The third-order valence-corrected chi connectivity index (χ3v) is 7.38. The first kappa shape index (κ1) is 19.8. The lowest BCUT2D eigenvalue weighted by molar-refractivity contribution is -0.433. The molecule has 4 aliphatic rings. The Morgan fingerprint density at radius 3 is 2.44 bits per heavy atom. The first-order chi connectivity index (χ1) is 11.7. The summed E-state index contributed by atoms with van der Waals surface area (Å²) in [5.74, 6) is 1.33. The van der Waals surface area contributed by atoms with Gasteiger partial charge < -0.3 is 9.84 Å². The zero-order valence-electron chi connectivity index (χ0n) is 14.7. The van der Waals surface area contributed by atoms with E-state index in [0.717, 1.165) is 38.5 Å². The van der Waals surface area contributed by atoms with Crippen molar-refractivity contribution in [3.8, 4) is 0 Å². The lowest BCUT2D eigenvalue weighted by Crippen LogP contribution is -2.64. The molecule has 4 bridgehead atoms. The first-order valence-corrected chi connectivity index (χ1v) is 9.82. The molecule has 3 atom stereocenters. The molecule has 2 N–H and O–H groups in total. The average molecular weight is 382 g/mol. The van der Waals surface area contributed by atoms with E-state index in [1.807, 2.05) is 0 Å². The first-order valence-electron chi connectivity index (χ1n) is 9.08. The summed E-state index contributed by atoms with van der Waals surface area (Å²) in [6, 6.07) is 0. The monoisotopic (exact) mass is 382 g/mol. The highest BCUT2D eigenvalue weighted by atomic mass is 32.2. The van der Waals surface area contributed by atoms with E-state index in [4.69, 9.17) is 9.99 Å². The molecule has 4 saturated carbocycles. The summed E-state index contributed by atoms with van der Waals surface area (Å²) in [4.78, 5) is 0. The smallest absolute Gasteiger partial charge is 0.343 e. The molecule has 4 fully saturated rings. The van der Waals surface area contributed by atoms with Gasteiger partial charge in [-0.05, 0) is 61.2 Å². The quantitative estimate of drug-likeness (QED) is 0.353. The standard InChI is InChI=1S/C17H28F2O5S/c1-3-11(2)17(20)13-4-12-5-14(17)8-15(6-12,7-13)9-22-10-16(18,19)25-24-23-21/h11-14,20-21H,3-10H2,1-2H3. The zero-order chi connectivity index (χ0) is 18.3. The maximum atomic E-state index is 13.5. The normalized spacial score (nSPS) is 41.3. The van der Waals surface area contributed by atoms with Crippen LogP contribution in [0.2, 0.25) is 0 Å². The van der Waals surface area contributed by atoms with Gasteiger partial charge in [-0.1, -0.05) is 25.3 Å². The molecule has 0 saturated heterocycles. The summed E-state index contributed by atoms with van der Waals surface area (Å²) < 4.78 is 36.2. The Balaban J connectivity index is 1.61. The Bertz CT molecular complexity index is 462. The fourth-order valence-electron chi connectivity index (χ4n) is 5.96. The summed E-state index contributed by atoms with van der Waals surface area (Å²) in [6.45, 7) is 3.73. The molecule has 0 spiro atoms. The number of alkyl halides is 2. The average Bonchev–Trinajstić information content (AvgIpc) is 2.56. The molecule has 8 heteroatoms. The van der Waals surface area contributed by atoms with E-state index in [0.29, 0.717) is 5.92 Å². The van der Waals surface area contributed by atoms with Crippen LogP contribution in [0.25, 0.3) is 0 Å². The van der Waals surface area contributed by atoms with Crippen molar-refractivity contribution in [2.45, 2.75) is 63.2 Å². The van der Waals surface area contributed by atoms with Gasteiger partial charge in [0.15, 0.2) is 0 Å². The SMILES string of the molecule is CCC(C)C1(O)C2CC3CC1CC(COCC(F)(F)SOOO)(C3)C2. The van der Waals surface area contributed by atoms with E-state index >= 15 is 0 Å². The van der Waals surface area contributed by atoms with Crippen LogP contribution in [-0.4, -0.2) is 34.4 Å². The molecule has 0 aromatic heterocycles. The van der Waals surface area contributed by atoms with Crippen molar-refractivity contribution in [1.82, 2.24) is 0 Å². The molecule has 3 unspecified atom stereocenters. The van der Waals surface area contributed by atoms with Crippen LogP contribution in [0.3, 0.4) is 0 Å². The maximum Gasteiger partial charge on any atom is 0.343 e. The lowest BCUT2D eigenvalue weighted by atomic mass is 9.43. The van der Waals surface area contributed by atoms with Gasteiger partial charge in [0.2, 0.25) is 0 Å². The van der Waals surface area contributed by atoms with Crippen LogP contribution < -0.4 is 0 Å². The minimum absolute atomic E-state index is 0.0920. The molecular weight excluding hydrogens is 354 g/mol. The molecule has 25 heavy (non-hydrogen) atoms. The summed E-state index contributed by atoms with van der Waals surface area (Å²) in [5, 5.41) is 19.3. The summed E-state index contributed by atoms with van der Waals surface area (Å²) in [5.41, 5.74) is -0.702. The van der Waals surface area contributed by atoms with Gasteiger partial charge >= 0.3 is 5.25 Å². The van der Waals surface area contributed by atoms with Crippen molar-refractivity contribution < 1.29 is 33.3 Å². The van der Waals surface area contributed by atoms with Crippen molar-refractivity contribution in [1.29, 1.82) is 0 Å². The summed E-state index contributed by atoms with van der Waals surface area (Å²) in [7, 11) is 0. The number of halogens is 2. The van der Waals surface area contributed by atoms with E-state index in [-0.39, 0.29) is 41.8 Å². The Morgan fingerprint density at radius 2 is 1.88 bits per heavy atom. The van der Waals surface area contributed by atoms with Gasteiger partial charge in [-0.15, -0.1) is 4.33 Å². The van der Waals surface area contributed by atoms with Crippen LogP contribution in [0.5, 0.6) is 0 Å². The molecular formula is C17H28F2O5S. The number of hydrogen-bond donors (Lipinski definition) is 2. The van der Waals surface area contributed by atoms with Crippen LogP contribution in [0.4, 0.5) is 8.78 Å². The fraction of sp³-hybridized carbons (Fsp3) is 1.00. The van der Waals surface area contributed by atoms with E-state index in [9.17, 15) is 13.9 Å². The van der Waals surface area contributed by atoms with Crippen molar-refractivity contribution in [3.63, 3.8) is 0 Å².